The van der Waals surface area contributed by atoms with E-state index in [-0.39, 0.29) is 11.9 Å². The molecule has 3 aromatic rings. The number of hydrogen-bond acceptors (Lipinski definition) is 2. The third-order valence-electron chi connectivity index (χ3n) is 5.82. The van der Waals surface area contributed by atoms with Crippen molar-refractivity contribution in [3.63, 3.8) is 0 Å². The molecule has 1 aliphatic rings. The van der Waals surface area contributed by atoms with Crippen molar-refractivity contribution in [3.8, 4) is 16.9 Å². The summed E-state index contributed by atoms with van der Waals surface area (Å²) in [5, 5.41) is 0. The molecule has 1 aliphatic carbocycles. The van der Waals surface area contributed by atoms with Crippen LogP contribution in [0.4, 0.5) is 4.39 Å². The van der Waals surface area contributed by atoms with Gasteiger partial charge in [0.1, 0.15) is 18.2 Å². The molecule has 0 aliphatic heterocycles. The number of para-hydroxylation sites is 1. The number of nitrogens with two attached hydrogens (primary N) is 1. The summed E-state index contributed by atoms with van der Waals surface area (Å²) in [6.07, 6.45) is 4.92. The molecular weight excluding hydrogens is 361 g/mol. The topological polar surface area (TPSA) is 35.2 Å². The first-order valence-corrected chi connectivity index (χ1v) is 10.5. The molecule has 0 heterocycles. The van der Waals surface area contributed by atoms with Crippen LogP contribution in [-0.4, -0.2) is 0 Å². The Morgan fingerprint density at radius 3 is 2.48 bits per heavy atom. The molecule has 0 aromatic heterocycles. The number of halogens is 1. The molecule has 0 spiro atoms. The van der Waals surface area contributed by atoms with Gasteiger partial charge in [0.05, 0.1) is 0 Å². The minimum atomic E-state index is -0.339. The van der Waals surface area contributed by atoms with Gasteiger partial charge in [0.25, 0.3) is 0 Å². The zero-order valence-electron chi connectivity index (χ0n) is 16.9. The highest BCUT2D eigenvalue weighted by molar-refractivity contribution is 5.67. The van der Waals surface area contributed by atoms with Crippen molar-refractivity contribution in [3.05, 3.63) is 89.2 Å². The van der Waals surface area contributed by atoms with Gasteiger partial charge in [-0.1, -0.05) is 61.4 Å². The predicted octanol–water partition coefficient (Wildman–Crippen LogP) is 6.75. The van der Waals surface area contributed by atoms with Gasteiger partial charge in [0, 0.05) is 17.2 Å². The Morgan fingerprint density at radius 2 is 1.76 bits per heavy atom. The van der Waals surface area contributed by atoms with Crippen molar-refractivity contribution in [1.29, 1.82) is 0 Å². The molecule has 1 unspecified atom stereocenters. The largest absolute Gasteiger partial charge is 0.489 e. The molecule has 1 fully saturated rings. The lowest BCUT2D eigenvalue weighted by atomic mass is 9.91. The Kier molecular flexibility index (Phi) is 5.96. The van der Waals surface area contributed by atoms with Crippen LogP contribution in [0.15, 0.2) is 66.7 Å². The molecule has 29 heavy (non-hydrogen) atoms. The van der Waals surface area contributed by atoms with E-state index in [1.807, 2.05) is 55.5 Å². The summed E-state index contributed by atoms with van der Waals surface area (Å²) in [7, 11) is 0. The average Bonchev–Trinajstić information content (AvgIpc) is 3.28. The lowest BCUT2D eigenvalue weighted by molar-refractivity contribution is 0.306. The van der Waals surface area contributed by atoms with Gasteiger partial charge in [-0.25, -0.2) is 4.39 Å². The highest BCUT2D eigenvalue weighted by Crippen LogP contribution is 2.37. The summed E-state index contributed by atoms with van der Waals surface area (Å²) in [5.74, 6) is 1.16. The van der Waals surface area contributed by atoms with E-state index >= 15 is 4.39 Å². The fourth-order valence-corrected chi connectivity index (χ4v) is 4.26. The number of benzene rings is 3. The number of hydrogen-bond donors (Lipinski definition) is 1. The first-order chi connectivity index (χ1) is 14.1. The minimum absolute atomic E-state index is 0.221. The molecule has 3 aromatic carbocycles. The first kappa shape index (κ1) is 19.7. The van der Waals surface area contributed by atoms with E-state index in [1.165, 1.54) is 31.2 Å². The summed E-state index contributed by atoms with van der Waals surface area (Å²) in [6.45, 7) is 2.28. The molecule has 1 atom stereocenters. The second-order valence-corrected chi connectivity index (χ2v) is 8.04. The van der Waals surface area contributed by atoms with E-state index in [1.54, 1.807) is 6.07 Å². The van der Waals surface area contributed by atoms with Crippen LogP contribution in [-0.2, 0) is 6.61 Å². The second kappa shape index (κ2) is 8.79. The third kappa shape index (κ3) is 4.51. The van der Waals surface area contributed by atoms with Crippen LogP contribution in [0.3, 0.4) is 0 Å². The van der Waals surface area contributed by atoms with Gasteiger partial charge in [-0.3, -0.25) is 0 Å². The summed E-state index contributed by atoms with van der Waals surface area (Å²) in [6, 6.07) is 21.4. The van der Waals surface area contributed by atoms with Crippen molar-refractivity contribution in [1.82, 2.24) is 0 Å². The van der Waals surface area contributed by atoms with E-state index in [0.717, 1.165) is 16.9 Å². The van der Waals surface area contributed by atoms with Crippen LogP contribution >= 0.6 is 0 Å². The van der Waals surface area contributed by atoms with Crippen molar-refractivity contribution in [2.24, 2.45) is 5.73 Å². The van der Waals surface area contributed by atoms with E-state index in [0.29, 0.717) is 23.7 Å². The van der Waals surface area contributed by atoms with Crippen LogP contribution in [0, 0.1) is 5.82 Å². The highest BCUT2D eigenvalue weighted by atomic mass is 19.1. The van der Waals surface area contributed by atoms with Crippen LogP contribution in [0.1, 0.15) is 61.3 Å². The molecule has 2 nitrogen and oxygen atoms in total. The Hall–Kier alpha value is -2.65. The fraction of sp³-hybridized carbons (Fsp3) is 0.308. The van der Waals surface area contributed by atoms with Crippen LogP contribution in [0.25, 0.3) is 11.1 Å². The van der Waals surface area contributed by atoms with E-state index in [4.69, 9.17) is 10.5 Å². The van der Waals surface area contributed by atoms with Crippen molar-refractivity contribution in [2.75, 3.05) is 0 Å². The number of rotatable bonds is 6. The predicted molar refractivity (Wildman–Crippen MR) is 116 cm³/mol. The van der Waals surface area contributed by atoms with Gasteiger partial charge in [0.2, 0.25) is 0 Å². The van der Waals surface area contributed by atoms with E-state index in [9.17, 15) is 0 Å². The Balaban J connectivity index is 1.71. The Bertz CT molecular complexity index is 962. The highest BCUT2D eigenvalue weighted by Gasteiger charge is 2.20. The molecule has 2 N–H and O–H groups in total. The minimum Gasteiger partial charge on any atom is -0.489 e. The summed E-state index contributed by atoms with van der Waals surface area (Å²) < 4.78 is 21.2. The van der Waals surface area contributed by atoms with Crippen LogP contribution in [0.5, 0.6) is 5.75 Å². The summed E-state index contributed by atoms with van der Waals surface area (Å²) >= 11 is 0. The molecule has 4 rings (SSSR count). The Morgan fingerprint density at radius 1 is 1.00 bits per heavy atom. The van der Waals surface area contributed by atoms with Gasteiger partial charge >= 0.3 is 0 Å². The smallest absolute Gasteiger partial charge is 0.135 e. The fourth-order valence-electron chi connectivity index (χ4n) is 4.26. The monoisotopic (exact) mass is 389 g/mol. The zero-order valence-corrected chi connectivity index (χ0v) is 16.9. The maximum Gasteiger partial charge on any atom is 0.135 e. The molecular formula is C26H28FNO. The zero-order chi connectivity index (χ0) is 20.2. The molecule has 0 radical (unpaired) electrons. The Labute approximate surface area is 172 Å². The van der Waals surface area contributed by atoms with Crippen molar-refractivity contribution < 1.29 is 9.13 Å². The van der Waals surface area contributed by atoms with E-state index in [2.05, 4.69) is 12.1 Å². The van der Waals surface area contributed by atoms with Crippen molar-refractivity contribution >= 4 is 0 Å². The first-order valence-electron chi connectivity index (χ1n) is 10.5. The normalized spacial score (nSPS) is 15.4. The third-order valence-corrected chi connectivity index (χ3v) is 5.82. The molecule has 0 amide bonds. The van der Waals surface area contributed by atoms with Gasteiger partial charge in [-0.05, 0) is 60.6 Å². The molecule has 0 saturated heterocycles. The lowest BCUT2D eigenvalue weighted by Gasteiger charge is -2.17. The van der Waals surface area contributed by atoms with Crippen LogP contribution < -0.4 is 10.5 Å². The van der Waals surface area contributed by atoms with Crippen LogP contribution in [0.2, 0.25) is 0 Å². The number of ether oxygens (including phenoxy) is 1. The van der Waals surface area contributed by atoms with Gasteiger partial charge < -0.3 is 10.5 Å². The van der Waals surface area contributed by atoms with Gasteiger partial charge in [-0.2, -0.15) is 0 Å². The van der Waals surface area contributed by atoms with Gasteiger partial charge in [-0.15, -0.1) is 0 Å². The van der Waals surface area contributed by atoms with E-state index < -0.39 is 0 Å². The lowest BCUT2D eigenvalue weighted by Crippen LogP contribution is -2.08. The average molecular weight is 390 g/mol. The molecule has 3 heteroatoms. The second-order valence-electron chi connectivity index (χ2n) is 8.04. The summed E-state index contributed by atoms with van der Waals surface area (Å²) in [5.41, 5.74) is 10.4. The quantitative estimate of drug-likeness (QED) is 0.506. The maximum absolute atomic E-state index is 15.2. The molecule has 150 valence electrons. The molecule has 1 saturated carbocycles. The maximum atomic E-state index is 15.2. The standard InChI is InChI=1S/C26H28FNO/c1-18(28)24-12-7-13-25(26(24)27)22-15-19(17-29-23-10-3-2-4-11-23)14-21(16-22)20-8-5-6-9-20/h2-4,7,10-16,18,20H,5-6,8-9,17,28H2,1H3. The SMILES string of the molecule is CC(N)c1cccc(-c2cc(COc3ccccc3)cc(C3CCCC3)c2)c1F. The van der Waals surface area contributed by atoms with Crippen molar-refractivity contribution in [2.45, 2.75) is 51.2 Å². The van der Waals surface area contributed by atoms with Gasteiger partial charge in [0.15, 0.2) is 0 Å². The summed E-state index contributed by atoms with van der Waals surface area (Å²) in [4.78, 5) is 0. The molecule has 0 bridgehead atoms.